The van der Waals surface area contributed by atoms with E-state index < -0.39 is 5.91 Å². The normalized spacial score (nSPS) is 10.4. The number of aryl methyl sites for hydroxylation is 1. The molecule has 0 saturated carbocycles. The van der Waals surface area contributed by atoms with Gasteiger partial charge in [0, 0.05) is 18.5 Å². The number of pyridine rings is 1. The molecule has 1 amide bonds. The fraction of sp³-hybridized carbons (Fsp3) is 0.111. The summed E-state index contributed by atoms with van der Waals surface area (Å²) in [4.78, 5) is 14.3. The second-order valence-electron chi connectivity index (χ2n) is 2.47. The molecule has 1 rings (SSSR count). The average molecular weight is 162 g/mol. The molecule has 3 heteroatoms. The van der Waals surface area contributed by atoms with Crippen LogP contribution in [0.4, 0.5) is 0 Å². The van der Waals surface area contributed by atoms with E-state index in [9.17, 15) is 4.79 Å². The number of primary amides is 1. The number of carbonyl (C=O) groups is 1. The summed E-state index contributed by atoms with van der Waals surface area (Å²) in [6.45, 7) is 1.92. The van der Waals surface area contributed by atoms with Crippen molar-refractivity contribution in [3.63, 3.8) is 0 Å². The third-order valence-electron chi connectivity index (χ3n) is 1.49. The van der Waals surface area contributed by atoms with Gasteiger partial charge in [-0.15, -0.1) is 0 Å². The molecule has 1 heterocycles. The van der Waals surface area contributed by atoms with Crippen LogP contribution in [0.15, 0.2) is 24.5 Å². The molecule has 0 aliphatic rings. The lowest BCUT2D eigenvalue weighted by Crippen LogP contribution is -2.05. The molecule has 12 heavy (non-hydrogen) atoms. The van der Waals surface area contributed by atoms with Gasteiger partial charge >= 0.3 is 0 Å². The van der Waals surface area contributed by atoms with Crippen LogP contribution in [0.3, 0.4) is 0 Å². The number of amides is 1. The van der Waals surface area contributed by atoms with E-state index in [1.54, 1.807) is 18.5 Å². The van der Waals surface area contributed by atoms with E-state index in [4.69, 9.17) is 5.73 Å². The molecule has 62 valence electrons. The van der Waals surface area contributed by atoms with Crippen LogP contribution in [0.25, 0.3) is 6.08 Å². The van der Waals surface area contributed by atoms with E-state index in [0.29, 0.717) is 0 Å². The van der Waals surface area contributed by atoms with E-state index in [1.807, 2.05) is 13.0 Å². The van der Waals surface area contributed by atoms with E-state index in [0.717, 1.165) is 11.1 Å². The summed E-state index contributed by atoms with van der Waals surface area (Å²) >= 11 is 0. The lowest BCUT2D eigenvalue weighted by Gasteiger charge is -1.95. The van der Waals surface area contributed by atoms with Crippen molar-refractivity contribution >= 4 is 12.0 Å². The van der Waals surface area contributed by atoms with Crippen LogP contribution in [-0.4, -0.2) is 10.9 Å². The molecule has 1 aromatic heterocycles. The van der Waals surface area contributed by atoms with Crippen molar-refractivity contribution in [3.8, 4) is 0 Å². The Morgan fingerprint density at radius 1 is 1.67 bits per heavy atom. The van der Waals surface area contributed by atoms with Gasteiger partial charge in [-0.2, -0.15) is 0 Å². The Kier molecular flexibility index (Phi) is 2.58. The first-order valence-corrected chi connectivity index (χ1v) is 3.58. The highest BCUT2D eigenvalue weighted by molar-refractivity contribution is 5.90. The van der Waals surface area contributed by atoms with E-state index >= 15 is 0 Å². The van der Waals surface area contributed by atoms with Crippen LogP contribution >= 0.6 is 0 Å². The molecule has 0 aromatic carbocycles. The van der Waals surface area contributed by atoms with Crippen molar-refractivity contribution in [1.29, 1.82) is 0 Å². The van der Waals surface area contributed by atoms with Crippen molar-refractivity contribution in [2.24, 2.45) is 5.73 Å². The highest BCUT2D eigenvalue weighted by Crippen LogP contribution is 2.06. The number of aromatic nitrogens is 1. The summed E-state index contributed by atoms with van der Waals surface area (Å²) in [5.74, 6) is -0.439. The molecule has 3 nitrogen and oxygen atoms in total. The largest absolute Gasteiger partial charge is 0.366 e. The molecule has 0 atom stereocenters. The third kappa shape index (κ3) is 2.20. The van der Waals surface area contributed by atoms with Gasteiger partial charge in [-0.25, -0.2) is 0 Å². The van der Waals surface area contributed by atoms with Crippen LogP contribution in [0, 0.1) is 6.92 Å². The van der Waals surface area contributed by atoms with Gasteiger partial charge < -0.3 is 5.73 Å². The fourth-order valence-electron chi connectivity index (χ4n) is 0.843. The zero-order chi connectivity index (χ0) is 8.97. The molecular formula is C9H10N2O. The second-order valence-corrected chi connectivity index (χ2v) is 2.47. The smallest absolute Gasteiger partial charge is 0.241 e. The molecule has 0 fully saturated rings. The van der Waals surface area contributed by atoms with Gasteiger partial charge in [0.2, 0.25) is 5.91 Å². The SMILES string of the molecule is Cc1cnccc1/C=C/C(N)=O. The molecule has 0 aliphatic heterocycles. The van der Waals surface area contributed by atoms with E-state index in [1.165, 1.54) is 6.08 Å². The standard InChI is InChI=1S/C9H10N2O/c1-7-6-11-5-4-8(7)2-3-9(10)12/h2-6H,1H3,(H2,10,12)/b3-2+. The summed E-state index contributed by atoms with van der Waals surface area (Å²) in [7, 11) is 0. The lowest BCUT2D eigenvalue weighted by molar-refractivity contribution is -0.113. The summed E-state index contributed by atoms with van der Waals surface area (Å²) in [6.07, 6.45) is 6.43. The van der Waals surface area contributed by atoms with Gasteiger partial charge in [-0.05, 0) is 30.2 Å². The minimum absolute atomic E-state index is 0.439. The van der Waals surface area contributed by atoms with Crippen molar-refractivity contribution in [1.82, 2.24) is 4.98 Å². The number of nitrogens with zero attached hydrogens (tertiary/aromatic N) is 1. The number of hydrogen-bond donors (Lipinski definition) is 1. The van der Waals surface area contributed by atoms with E-state index in [-0.39, 0.29) is 0 Å². The molecule has 0 spiro atoms. The van der Waals surface area contributed by atoms with Crippen LogP contribution in [0.1, 0.15) is 11.1 Å². The number of hydrogen-bond acceptors (Lipinski definition) is 2. The van der Waals surface area contributed by atoms with Crippen LogP contribution in [0.2, 0.25) is 0 Å². The van der Waals surface area contributed by atoms with Crippen molar-refractivity contribution in [2.75, 3.05) is 0 Å². The zero-order valence-corrected chi connectivity index (χ0v) is 6.82. The predicted molar refractivity (Wildman–Crippen MR) is 47.2 cm³/mol. The van der Waals surface area contributed by atoms with Gasteiger partial charge in [-0.3, -0.25) is 9.78 Å². The maximum absolute atomic E-state index is 10.4. The Labute approximate surface area is 70.9 Å². The Balaban J connectivity index is 2.89. The maximum atomic E-state index is 10.4. The Morgan fingerprint density at radius 3 is 3.00 bits per heavy atom. The minimum Gasteiger partial charge on any atom is -0.366 e. The topological polar surface area (TPSA) is 56.0 Å². The Morgan fingerprint density at radius 2 is 2.42 bits per heavy atom. The highest BCUT2D eigenvalue weighted by Gasteiger charge is 1.91. The molecule has 1 aromatic rings. The molecule has 0 aliphatic carbocycles. The first-order chi connectivity index (χ1) is 5.70. The van der Waals surface area contributed by atoms with Gasteiger partial charge in [0.25, 0.3) is 0 Å². The second kappa shape index (κ2) is 3.67. The Bertz CT molecular complexity index is 318. The zero-order valence-electron chi connectivity index (χ0n) is 6.82. The number of rotatable bonds is 2. The molecule has 0 unspecified atom stereocenters. The fourth-order valence-corrected chi connectivity index (χ4v) is 0.843. The van der Waals surface area contributed by atoms with E-state index in [2.05, 4.69) is 4.98 Å². The first-order valence-electron chi connectivity index (χ1n) is 3.58. The van der Waals surface area contributed by atoms with Crippen molar-refractivity contribution < 1.29 is 4.79 Å². The summed E-state index contributed by atoms with van der Waals surface area (Å²) in [6, 6.07) is 1.83. The minimum atomic E-state index is -0.439. The van der Waals surface area contributed by atoms with Gasteiger partial charge in [0.05, 0.1) is 0 Å². The first kappa shape index (κ1) is 8.46. The maximum Gasteiger partial charge on any atom is 0.241 e. The highest BCUT2D eigenvalue weighted by atomic mass is 16.1. The monoisotopic (exact) mass is 162 g/mol. The summed E-state index contributed by atoms with van der Waals surface area (Å²) in [5.41, 5.74) is 6.93. The van der Waals surface area contributed by atoms with Crippen LogP contribution < -0.4 is 5.73 Å². The van der Waals surface area contributed by atoms with Crippen LogP contribution in [-0.2, 0) is 4.79 Å². The van der Waals surface area contributed by atoms with Gasteiger partial charge in [0.15, 0.2) is 0 Å². The number of carbonyl (C=O) groups excluding carboxylic acids is 1. The quantitative estimate of drug-likeness (QED) is 0.656. The third-order valence-corrected chi connectivity index (χ3v) is 1.49. The molecule has 2 N–H and O–H groups in total. The lowest BCUT2D eigenvalue weighted by atomic mass is 10.1. The summed E-state index contributed by atoms with van der Waals surface area (Å²) in [5, 5.41) is 0. The molecular weight excluding hydrogens is 152 g/mol. The average Bonchev–Trinajstić information content (AvgIpc) is 2.03. The molecule has 0 radical (unpaired) electrons. The van der Waals surface area contributed by atoms with Crippen molar-refractivity contribution in [3.05, 3.63) is 35.7 Å². The molecule has 0 saturated heterocycles. The summed E-state index contributed by atoms with van der Waals surface area (Å²) < 4.78 is 0. The number of nitrogens with two attached hydrogens (primary N) is 1. The van der Waals surface area contributed by atoms with Gasteiger partial charge in [-0.1, -0.05) is 0 Å². The van der Waals surface area contributed by atoms with Crippen LogP contribution in [0.5, 0.6) is 0 Å². The predicted octanol–water partition coefficient (Wildman–Crippen LogP) is 0.889. The Hall–Kier alpha value is -1.64. The van der Waals surface area contributed by atoms with Gasteiger partial charge in [0.1, 0.15) is 0 Å². The van der Waals surface area contributed by atoms with Crippen molar-refractivity contribution in [2.45, 2.75) is 6.92 Å². The molecule has 0 bridgehead atoms.